The SMILES string of the molecule is COc1ccc(C(=O)Oc2ccc3ccccc3c2/C=N/NC(=O)c2ccc(C)cc2)cc1OC. The molecular weight excluding hydrogens is 444 g/mol. The molecule has 0 bridgehead atoms. The molecule has 0 spiro atoms. The van der Waals surface area contributed by atoms with Crippen molar-refractivity contribution in [3.63, 3.8) is 0 Å². The quantitative estimate of drug-likeness (QED) is 0.175. The highest BCUT2D eigenvalue weighted by Crippen LogP contribution is 2.30. The van der Waals surface area contributed by atoms with E-state index in [1.54, 1.807) is 36.4 Å². The van der Waals surface area contributed by atoms with E-state index in [1.165, 1.54) is 20.4 Å². The molecule has 0 heterocycles. The summed E-state index contributed by atoms with van der Waals surface area (Å²) >= 11 is 0. The van der Waals surface area contributed by atoms with Gasteiger partial charge in [-0.1, -0.05) is 48.0 Å². The number of hydrogen-bond donors (Lipinski definition) is 1. The lowest BCUT2D eigenvalue weighted by Crippen LogP contribution is -2.17. The molecule has 0 aromatic heterocycles. The predicted molar refractivity (Wildman–Crippen MR) is 135 cm³/mol. The number of amides is 1. The second-order valence-electron chi connectivity index (χ2n) is 7.72. The zero-order chi connectivity index (χ0) is 24.8. The Morgan fingerprint density at radius 1 is 0.800 bits per heavy atom. The number of rotatable bonds is 7. The number of methoxy groups -OCH3 is 2. The maximum Gasteiger partial charge on any atom is 0.343 e. The average molecular weight is 469 g/mol. The third-order valence-corrected chi connectivity index (χ3v) is 5.43. The number of ether oxygens (including phenoxy) is 3. The molecule has 4 aromatic rings. The van der Waals surface area contributed by atoms with Crippen molar-refractivity contribution in [3.05, 3.63) is 101 Å². The number of aryl methyl sites for hydroxylation is 1. The van der Waals surface area contributed by atoms with E-state index in [-0.39, 0.29) is 5.91 Å². The number of benzene rings is 4. The first-order valence-corrected chi connectivity index (χ1v) is 10.9. The van der Waals surface area contributed by atoms with Crippen molar-refractivity contribution < 1.29 is 23.8 Å². The fourth-order valence-electron chi connectivity index (χ4n) is 3.54. The van der Waals surface area contributed by atoms with Gasteiger partial charge in [-0.05, 0) is 54.1 Å². The Bertz CT molecular complexity index is 1410. The zero-order valence-corrected chi connectivity index (χ0v) is 19.6. The van der Waals surface area contributed by atoms with Crippen LogP contribution >= 0.6 is 0 Å². The minimum absolute atomic E-state index is 0.298. The molecule has 0 atom stereocenters. The first-order valence-electron chi connectivity index (χ1n) is 10.9. The van der Waals surface area contributed by atoms with Crippen LogP contribution in [0.25, 0.3) is 10.8 Å². The Kier molecular flexibility index (Phi) is 7.07. The van der Waals surface area contributed by atoms with Crippen LogP contribution in [-0.2, 0) is 0 Å². The second-order valence-corrected chi connectivity index (χ2v) is 7.72. The third kappa shape index (κ3) is 5.30. The van der Waals surface area contributed by atoms with E-state index in [2.05, 4.69) is 10.5 Å². The average Bonchev–Trinajstić information content (AvgIpc) is 2.89. The Morgan fingerprint density at radius 3 is 2.23 bits per heavy atom. The summed E-state index contributed by atoms with van der Waals surface area (Å²) in [5.74, 6) is 0.315. The van der Waals surface area contributed by atoms with Crippen LogP contribution in [0.5, 0.6) is 17.2 Å². The van der Waals surface area contributed by atoms with Crippen LogP contribution in [0.3, 0.4) is 0 Å². The van der Waals surface area contributed by atoms with Gasteiger partial charge in [0.25, 0.3) is 5.91 Å². The Hall–Kier alpha value is -4.65. The van der Waals surface area contributed by atoms with Crippen LogP contribution < -0.4 is 19.6 Å². The molecule has 0 saturated heterocycles. The van der Waals surface area contributed by atoms with E-state index in [0.29, 0.717) is 33.9 Å². The smallest absolute Gasteiger partial charge is 0.343 e. The second kappa shape index (κ2) is 10.5. The highest BCUT2D eigenvalue weighted by atomic mass is 16.5. The first-order chi connectivity index (χ1) is 17.0. The standard InChI is InChI=1S/C28H24N2O5/c1-18-8-10-20(11-9-18)27(31)30-29-17-23-22-7-5-4-6-19(22)12-14-24(23)35-28(32)21-13-15-25(33-2)26(16-21)34-3/h4-17H,1-3H3,(H,30,31)/b29-17+. The van der Waals surface area contributed by atoms with Gasteiger partial charge in [-0.15, -0.1) is 0 Å². The Balaban J connectivity index is 1.62. The number of carbonyl (C=O) groups is 2. The van der Waals surface area contributed by atoms with E-state index >= 15 is 0 Å². The summed E-state index contributed by atoms with van der Waals surface area (Å²) < 4.78 is 16.2. The minimum atomic E-state index is -0.570. The summed E-state index contributed by atoms with van der Waals surface area (Å²) in [5, 5.41) is 5.88. The van der Waals surface area contributed by atoms with Crippen molar-refractivity contribution >= 4 is 28.9 Å². The van der Waals surface area contributed by atoms with Crippen molar-refractivity contribution in [2.24, 2.45) is 5.10 Å². The van der Waals surface area contributed by atoms with Crippen molar-refractivity contribution in [1.29, 1.82) is 0 Å². The van der Waals surface area contributed by atoms with Crippen LogP contribution in [0.1, 0.15) is 31.8 Å². The van der Waals surface area contributed by atoms with Crippen LogP contribution in [0.2, 0.25) is 0 Å². The maximum atomic E-state index is 12.9. The lowest BCUT2D eigenvalue weighted by Gasteiger charge is -2.12. The maximum absolute atomic E-state index is 12.9. The molecule has 4 aromatic carbocycles. The van der Waals surface area contributed by atoms with Gasteiger partial charge < -0.3 is 14.2 Å². The highest BCUT2D eigenvalue weighted by Gasteiger charge is 2.16. The molecule has 0 aliphatic carbocycles. The molecule has 7 nitrogen and oxygen atoms in total. The van der Waals surface area contributed by atoms with Gasteiger partial charge in [-0.2, -0.15) is 5.10 Å². The molecule has 0 saturated carbocycles. The van der Waals surface area contributed by atoms with Crippen molar-refractivity contribution in [3.8, 4) is 17.2 Å². The predicted octanol–water partition coefficient (Wildman–Crippen LogP) is 5.15. The summed E-state index contributed by atoms with van der Waals surface area (Å²) in [6, 6.07) is 23.1. The summed E-state index contributed by atoms with van der Waals surface area (Å²) in [4.78, 5) is 25.4. The lowest BCUT2D eigenvalue weighted by molar-refractivity contribution is 0.0734. The minimum Gasteiger partial charge on any atom is -0.493 e. The molecule has 35 heavy (non-hydrogen) atoms. The molecule has 1 amide bonds. The Morgan fingerprint density at radius 2 is 1.49 bits per heavy atom. The summed E-state index contributed by atoms with van der Waals surface area (Å²) in [6.45, 7) is 1.95. The fourth-order valence-corrected chi connectivity index (χ4v) is 3.54. The molecule has 4 rings (SSSR count). The zero-order valence-electron chi connectivity index (χ0n) is 19.6. The van der Waals surface area contributed by atoms with Gasteiger partial charge in [0.1, 0.15) is 5.75 Å². The van der Waals surface area contributed by atoms with Gasteiger partial charge >= 0.3 is 5.97 Å². The summed E-state index contributed by atoms with van der Waals surface area (Å²) in [6.07, 6.45) is 1.48. The molecular formula is C28H24N2O5. The highest BCUT2D eigenvalue weighted by molar-refractivity contribution is 6.04. The number of fused-ring (bicyclic) bond motifs is 1. The summed E-state index contributed by atoms with van der Waals surface area (Å²) in [7, 11) is 3.02. The van der Waals surface area contributed by atoms with Crippen LogP contribution in [0, 0.1) is 6.92 Å². The first kappa shape index (κ1) is 23.5. The van der Waals surface area contributed by atoms with Gasteiger partial charge in [0.15, 0.2) is 11.5 Å². The van der Waals surface area contributed by atoms with E-state index < -0.39 is 5.97 Å². The topological polar surface area (TPSA) is 86.2 Å². The third-order valence-electron chi connectivity index (χ3n) is 5.43. The van der Waals surface area contributed by atoms with Gasteiger partial charge in [-0.3, -0.25) is 4.79 Å². The van der Waals surface area contributed by atoms with Gasteiger partial charge in [0, 0.05) is 11.1 Å². The van der Waals surface area contributed by atoms with Gasteiger partial charge in [0.05, 0.1) is 26.0 Å². The van der Waals surface area contributed by atoms with Crippen molar-refractivity contribution in [2.75, 3.05) is 14.2 Å². The summed E-state index contributed by atoms with van der Waals surface area (Å²) in [5.41, 5.74) is 4.93. The van der Waals surface area contributed by atoms with E-state index in [9.17, 15) is 9.59 Å². The molecule has 0 radical (unpaired) electrons. The monoisotopic (exact) mass is 468 g/mol. The van der Waals surface area contributed by atoms with Crippen molar-refractivity contribution in [1.82, 2.24) is 5.43 Å². The van der Waals surface area contributed by atoms with E-state index in [4.69, 9.17) is 14.2 Å². The van der Waals surface area contributed by atoms with Gasteiger partial charge in [-0.25, -0.2) is 10.2 Å². The van der Waals surface area contributed by atoms with Crippen LogP contribution in [-0.4, -0.2) is 32.3 Å². The van der Waals surface area contributed by atoms with Crippen LogP contribution in [0.15, 0.2) is 84.0 Å². The molecule has 0 fully saturated rings. The fraction of sp³-hybridized carbons (Fsp3) is 0.107. The number of esters is 1. The lowest BCUT2D eigenvalue weighted by atomic mass is 10.0. The number of hydrogen-bond acceptors (Lipinski definition) is 6. The molecule has 7 heteroatoms. The molecule has 0 aliphatic rings. The molecule has 0 aliphatic heterocycles. The normalized spacial score (nSPS) is 10.8. The number of nitrogens with zero attached hydrogens (tertiary/aromatic N) is 1. The molecule has 176 valence electrons. The molecule has 0 unspecified atom stereocenters. The number of hydrazone groups is 1. The van der Waals surface area contributed by atoms with E-state index in [1.807, 2.05) is 49.4 Å². The molecule has 1 N–H and O–H groups in total. The van der Waals surface area contributed by atoms with Crippen LogP contribution in [0.4, 0.5) is 0 Å². The number of carbonyl (C=O) groups excluding carboxylic acids is 2. The van der Waals surface area contributed by atoms with Gasteiger partial charge in [0.2, 0.25) is 0 Å². The number of nitrogens with one attached hydrogen (secondary N) is 1. The Labute approximate surface area is 202 Å². The van der Waals surface area contributed by atoms with Crippen molar-refractivity contribution in [2.45, 2.75) is 6.92 Å². The van der Waals surface area contributed by atoms with E-state index in [0.717, 1.165) is 16.3 Å². The largest absolute Gasteiger partial charge is 0.493 e.